The fourth-order valence-corrected chi connectivity index (χ4v) is 4.83. The van der Waals surface area contributed by atoms with E-state index in [0.29, 0.717) is 31.4 Å². The molecule has 27 heavy (non-hydrogen) atoms. The lowest BCUT2D eigenvalue weighted by atomic mass is 9.80. The van der Waals surface area contributed by atoms with Gasteiger partial charge in [-0.3, -0.25) is 9.59 Å². The van der Waals surface area contributed by atoms with Crippen molar-refractivity contribution >= 4 is 21.7 Å². The number of hydrogen-bond acceptors (Lipinski definition) is 5. The zero-order chi connectivity index (χ0) is 20.1. The highest BCUT2D eigenvalue weighted by molar-refractivity contribution is 7.91. The Kier molecular flexibility index (Phi) is 7.00. The second kappa shape index (κ2) is 8.84. The van der Waals surface area contributed by atoms with Crippen molar-refractivity contribution in [3.8, 4) is 0 Å². The van der Waals surface area contributed by atoms with Crippen molar-refractivity contribution in [2.75, 3.05) is 32.6 Å². The van der Waals surface area contributed by atoms with Crippen LogP contribution in [0.3, 0.4) is 0 Å². The highest BCUT2D eigenvalue weighted by atomic mass is 32.2. The van der Waals surface area contributed by atoms with E-state index in [1.807, 2.05) is 6.92 Å². The SMILES string of the molecule is CCCCS(=O)(=O)c1ccc(C(=O)N2CCCC(COC)(C(=O)O)C2)cc1. The molecule has 0 aromatic heterocycles. The summed E-state index contributed by atoms with van der Waals surface area (Å²) in [6, 6.07) is 5.88. The molecule has 0 radical (unpaired) electrons. The molecule has 7 nitrogen and oxygen atoms in total. The lowest BCUT2D eigenvalue weighted by Crippen LogP contribution is -2.52. The number of ether oxygens (including phenoxy) is 1. The van der Waals surface area contributed by atoms with E-state index in [1.54, 1.807) is 0 Å². The fraction of sp³-hybridized carbons (Fsp3) is 0.579. The van der Waals surface area contributed by atoms with Gasteiger partial charge in [0.15, 0.2) is 9.84 Å². The number of sulfone groups is 1. The Morgan fingerprint density at radius 2 is 1.93 bits per heavy atom. The van der Waals surface area contributed by atoms with Crippen molar-refractivity contribution in [1.82, 2.24) is 4.90 Å². The number of carboxylic acids is 1. The van der Waals surface area contributed by atoms with E-state index in [-0.39, 0.29) is 29.7 Å². The van der Waals surface area contributed by atoms with Crippen LogP contribution in [0.5, 0.6) is 0 Å². The first-order chi connectivity index (χ1) is 12.8. The third-order valence-corrected chi connectivity index (χ3v) is 6.78. The van der Waals surface area contributed by atoms with E-state index in [2.05, 4.69) is 0 Å². The molecule has 150 valence electrons. The summed E-state index contributed by atoms with van der Waals surface area (Å²) in [5.41, 5.74) is -0.755. The number of unbranched alkanes of at least 4 members (excludes halogenated alkanes) is 1. The third kappa shape index (κ3) is 4.87. The normalized spacial score (nSPS) is 20.4. The standard InChI is InChI=1S/C19H27NO6S/c1-3-4-12-27(24,25)16-8-6-15(7-9-16)17(21)20-11-5-10-19(13-20,14-26-2)18(22)23/h6-9H,3-5,10-14H2,1-2H3,(H,22,23). The largest absolute Gasteiger partial charge is 0.481 e. The van der Waals surface area contributed by atoms with Gasteiger partial charge in [-0.05, 0) is 43.5 Å². The van der Waals surface area contributed by atoms with Gasteiger partial charge in [-0.2, -0.15) is 0 Å². The van der Waals surface area contributed by atoms with E-state index in [1.165, 1.54) is 36.3 Å². The Morgan fingerprint density at radius 3 is 2.48 bits per heavy atom. The van der Waals surface area contributed by atoms with Crippen LogP contribution in [0.25, 0.3) is 0 Å². The van der Waals surface area contributed by atoms with Gasteiger partial charge in [0.05, 0.1) is 17.3 Å². The quantitative estimate of drug-likeness (QED) is 0.722. The van der Waals surface area contributed by atoms with Gasteiger partial charge in [-0.25, -0.2) is 8.42 Å². The Morgan fingerprint density at radius 1 is 1.26 bits per heavy atom. The predicted molar refractivity (Wildman–Crippen MR) is 100 cm³/mol. The summed E-state index contributed by atoms with van der Waals surface area (Å²) in [7, 11) is -1.90. The highest BCUT2D eigenvalue weighted by Gasteiger charge is 2.44. The molecule has 1 aromatic rings. The minimum absolute atomic E-state index is 0.0424. The zero-order valence-corrected chi connectivity index (χ0v) is 16.6. The van der Waals surface area contributed by atoms with Gasteiger partial charge in [0.2, 0.25) is 0 Å². The van der Waals surface area contributed by atoms with Crippen molar-refractivity contribution in [2.45, 2.75) is 37.5 Å². The van der Waals surface area contributed by atoms with Crippen LogP contribution in [0, 0.1) is 5.41 Å². The molecule has 1 aliphatic heterocycles. The Bertz CT molecular complexity index is 770. The Labute approximate surface area is 160 Å². The number of likely N-dealkylation sites (tertiary alicyclic amines) is 1. The topological polar surface area (TPSA) is 101 Å². The van der Waals surface area contributed by atoms with E-state index in [9.17, 15) is 23.1 Å². The van der Waals surface area contributed by atoms with Crippen molar-refractivity contribution < 1.29 is 27.9 Å². The van der Waals surface area contributed by atoms with E-state index >= 15 is 0 Å². The maximum atomic E-state index is 12.8. The van der Waals surface area contributed by atoms with Crippen LogP contribution in [0.2, 0.25) is 0 Å². The van der Waals surface area contributed by atoms with Crippen LogP contribution < -0.4 is 0 Å². The first-order valence-electron chi connectivity index (χ1n) is 9.10. The van der Waals surface area contributed by atoms with Gasteiger partial charge in [-0.15, -0.1) is 0 Å². The van der Waals surface area contributed by atoms with Crippen LogP contribution in [0.4, 0.5) is 0 Å². The smallest absolute Gasteiger partial charge is 0.313 e. The molecule has 1 atom stereocenters. The molecule has 1 fully saturated rings. The van der Waals surface area contributed by atoms with Gasteiger partial charge in [0, 0.05) is 25.8 Å². The summed E-state index contributed by atoms with van der Waals surface area (Å²) in [6.45, 7) is 2.51. The number of methoxy groups -OCH3 is 1. The molecule has 8 heteroatoms. The van der Waals surface area contributed by atoms with E-state index in [4.69, 9.17) is 4.74 Å². The van der Waals surface area contributed by atoms with Crippen LogP contribution in [-0.2, 0) is 19.4 Å². The Balaban J connectivity index is 2.16. The number of hydrogen-bond donors (Lipinski definition) is 1. The van der Waals surface area contributed by atoms with Gasteiger partial charge < -0.3 is 14.7 Å². The fourth-order valence-electron chi connectivity index (χ4n) is 3.38. The van der Waals surface area contributed by atoms with Crippen LogP contribution in [0.1, 0.15) is 43.0 Å². The van der Waals surface area contributed by atoms with Crippen molar-refractivity contribution in [1.29, 1.82) is 0 Å². The summed E-state index contributed by atoms with van der Waals surface area (Å²) in [5, 5.41) is 9.60. The minimum atomic E-state index is -3.35. The molecule has 1 saturated heterocycles. The van der Waals surface area contributed by atoms with Crippen LogP contribution >= 0.6 is 0 Å². The molecule has 0 bridgehead atoms. The molecular formula is C19H27NO6S. The minimum Gasteiger partial charge on any atom is -0.481 e. The van der Waals surface area contributed by atoms with Gasteiger partial charge in [0.1, 0.15) is 5.41 Å². The summed E-state index contributed by atoms with van der Waals surface area (Å²) in [5.74, 6) is -1.19. The molecule has 1 heterocycles. The predicted octanol–water partition coefficient (Wildman–Crippen LogP) is 2.21. The summed E-state index contributed by atoms with van der Waals surface area (Å²) in [6.07, 6.45) is 2.41. The number of benzene rings is 1. The number of rotatable bonds is 8. The second-order valence-electron chi connectivity index (χ2n) is 7.05. The Hall–Kier alpha value is -1.93. The first kappa shape index (κ1) is 21.4. The monoisotopic (exact) mass is 397 g/mol. The average molecular weight is 397 g/mol. The zero-order valence-electron chi connectivity index (χ0n) is 15.8. The summed E-state index contributed by atoms with van der Waals surface area (Å²) >= 11 is 0. The summed E-state index contributed by atoms with van der Waals surface area (Å²) < 4.78 is 29.5. The molecule has 1 amide bonds. The molecule has 1 unspecified atom stereocenters. The number of aliphatic carboxylic acids is 1. The number of nitrogens with zero attached hydrogens (tertiary/aromatic N) is 1. The molecule has 0 aliphatic carbocycles. The van der Waals surface area contributed by atoms with E-state index < -0.39 is 21.2 Å². The second-order valence-corrected chi connectivity index (χ2v) is 9.15. The number of amides is 1. The number of carbonyl (C=O) groups is 2. The molecular weight excluding hydrogens is 370 g/mol. The van der Waals surface area contributed by atoms with Gasteiger partial charge in [-0.1, -0.05) is 13.3 Å². The number of carbonyl (C=O) groups excluding carboxylic acids is 1. The lowest BCUT2D eigenvalue weighted by molar-refractivity contribution is -0.155. The summed E-state index contributed by atoms with van der Waals surface area (Å²) in [4.78, 5) is 26.2. The maximum absolute atomic E-state index is 12.8. The van der Waals surface area contributed by atoms with Crippen LogP contribution in [0.15, 0.2) is 29.2 Å². The van der Waals surface area contributed by atoms with Crippen molar-refractivity contribution in [3.05, 3.63) is 29.8 Å². The van der Waals surface area contributed by atoms with Crippen molar-refractivity contribution in [3.63, 3.8) is 0 Å². The first-order valence-corrected chi connectivity index (χ1v) is 10.8. The maximum Gasteiger partial charge on any atom is 0.313 e. The average Bonchev–Trinajstić information content (AvgIpc) is 2.66. The third-order valence-electron chi connectivity index (χ3n) is 4.97. The number of carboxylic acid groups (broad SMARTS) is 1. The molecule has 1 aromatic carbocycles. The van der Waals surface area contributed by atoms with Gasteiger partial charge in [0.25, 0.3) is 5.91 Å². The molecule has 0 saturated carbocycles. The highest BCUT2D eigenvalue weighted by Crippen LogP contribution is 2.31. The van der Waals surface area contributed by atoms with Crippen LogP contribution in [-0.4, -0.2) is 62.9 Å². The molecule has 1 N–H and O–H groups in total. The van der Waals surface area contributed by atoms with E-state index in [0.717, 1.165) is 6.42 Å². The number of piperidine rings is 1. The van der Waals surface area contributed by atoms with Crippen molar-refractivity contribution in [2.24, 2.45) is 5.41 Å². The molecule has 0 spiro atoms. The molecule has 2 rings (SSSR count). The van der Waals surface area contributed by atoms with Gasteiger partial charge >= 0.3 is 5.97 Å². The molecule has 1 aliphatic rings. The lowest BCUT2D eigenvalue weighted by Gasteiger charge is -2.39.